The van der Waals surface area contributed by atoms with Gasteiger partial charge in [0.1, 0.15) is 12.7 Å². The van der Waals surface area contributed by atoms with Gasteiger partial charge in [-0.2, -0.15) is 0 Å². The largest absolute Gasteiger partial charge is 0.458 e. The molecular formula is C29H44O7. The summed E-state index contributed by atoms with van der Waals surface area (Å²) < 4.78 is 17.4. The number of rotatable bonds is 3. The van der Waals surface area contributed by atoms with Crippen LogP contribution in [0.5, 0.6) is 0 Å². The Bertz CT molecular complexity index is 907. The Kier molecular flexibility index (Phi) is 6.16. The highest BCUT2D eigenvalue weighted by Crippen LogP contribution is 2.70. The van der Waals surface area contributed by atoms with Crippen LogP contribution in [0.25, 0.3) is 0 Å². The highest BCUT2D eigenvalue weighted by atomic mass is 16.7. The Morgan fingerprint density at radius 1 is 1.00 bits per heavy atom. The number of esters is 1. The predicted molar refractivity (Wildman–Crippen MR) is 132 cm³/mol. The molecule has 7 nitrogen and oxygen atoms in total. The number of cyclic esters (lactones) is 1. The van der Waals surface area contributed by atoms with E-state index >= 15 is 0 Å². The van der Waals surface area contributed by atoms with Crippen molar-refractivity contribution in [3.8, 4) is 0 Å². The maximum atomic E-state index is 12.4. The van der Waals surface area contributed by atoms with Gasteiger partial charge in [-0.05, 0) is 99.4 Å². The van der Waals surface area contributed by atoms with Crippen molar-refractivity contribution < 1.29 is 34.3 Å². The summed E-state index contributed by atoms with van der Waals surface area (Å²) in [6.45, 7) is 6.92. The van der Waals surface area contributed by atoms with Crippen molar-refractivity contribution in [1.82, 2.24) is 0 Å². The van der Waals surface area contributed by atoms with Crippen LogP contribution in [-0.4, -0.2) is 64.2 Å². The Labute approximate surface area is 214 Å². The SMILES string of the molecule is C[C@@H]1O[C@@H](O[C@H]2CC[C@@]3(C)[C@H](CC[C@@H]4[C@@H]3CC[C@]3(C)[C@@H](C5=CC(=O)OC5)CC[C@]43O)C2)C[C@@H](O)[C@H]1O. The van der Waals surface area contributed by atoms with Gasteiger partial charge >= 0.3 is 5.97 Å². The van der Waals surface area contributed by atoms with Gasteiger partial charge in [-0.1, -0.05) is 13.8 Å². The second kappa shape index (κ2) is 8.77. The Balaban J connectivity index is 1.15. The first-order chi connectivity index (χ1) is 17.0. The summed E-state index contributed by atoms with van der Waals surface area (Å²) in [6, 6.07) is 0. The highest BCUT2D eigenvalue weighted by Gasteiger charge is 2.67. The first kappa shape index (κ1) is 25.3. The van der Waals surface area contributed by atoms with E-state index in [1.807, 2.05) is 0 Å². The summed E-state index contributed by atoms with van der Waals surface area (Å²) in [5, 5.41) is 32.5. The number of carbonyl (C=O) groups is 1. The summed E-state index contributed by atoms with van der Waals surface area (Å²) in [6.07, 6.45) is 8.64. The summed E-state index contributed by atoms with van der Waals surface area (Å²) >= 11 is 0. The molecule has 0 spiro atoms. The number of aliphatic hydroxyl groups excluding tert-OH is 2. The van der Waals surface area contributed by atoms with Crippen molar-refractivity contribution in [3.63, 3.8) is 0 Å². The van der Waals surface area contributed by atoms with Crippen molar-refractivity contribution >= 4 is 5.97 Å². The van der Waals surface area contributed by atoms with Gasteiger partial charge in [0.2, 0.25) is 0 Å². The normalized spacial score (nSPS) is 54.8. The van der Waals surface area contributed by atoms with E-state index in [-0.39, 0.29) is 28.8 Å². The molecule has 3 N–H and O–H groups in total. The first-order valence-corrected chi connectivity index (χ1v) is 14.3. The van der Waals surface area contributed by atoms with E-state index in [1.165, 1.54) is 0 Å². The predicted octanol–water partition coefficient (Wildman–Crippen LogP) is 3.49. The molecule has 0 aromatic carbocycles. The maximum Gasteiger partial charge on any atom is 0.331 e. The molecule has 6 rings (SSSR count). The molecule has 4 saturated carbocycles. The van der Waals surface area contributed by atoms with E-state index in [1.54, 1.807) is 13.0 Å². The molecule has 12 atom stereocenters. The summed E-state index contributed by atoms with van der Waals surface area (Å²) in [4.78, 5) is 11.8. The Morgan fingerprint density at radius 3 is 2.53 bits per heavy atom. The molecule has 2 aliphatic heterocycles. The lowest BCUT2D eigenvalue weighted by atomic mass is 9.43. The number of hydrogen-bond acceptors (Lipinski definition) is 7. The van der Waals surface area contributed by atoms with Crippen LogP contribution in [0.1, 0.15) is 85.0 Å². The minimum atomic E-state index is -0.856. The van der Waals surface area contributed by atoms with Crippen LogP contribution in [0.2, 0.25) is 0 Å². The molecule has 36 heavy (non-hydrogen) atoms. The van der Waals surface area contributed by atoms with Gasteiger partial charge < -0.3 is 29.5 Å². The van der Waals surface area contributed by atoms with Crippen molar-refractivity contribution in [2.24, 2.45) is 34.5 Å². The summed E-state index contributed by atoms with van der Waals surface area (Å²) in [5.74, 6) is 1.37. The zero-order valence-electron chi connectivity index (χ0n) is 22.0. The minimum Gasteiger partial charge on any atom is -0.458 e. The molecule has 0 unspecified atom stereocenters. The van der Waals surface area contributed by atoms with Crippen LogP contribution in [0, 0.1) is 34.5 Å². The minimum absolute atomic E-state index is 0.110. The van der Waals surface area contributed by atoms with E-state index in [0.29, 0.717) is 30.8 Å². The van der Waals surface area contributed by atoms with E-state index in [4.69, 9.17) is 14.2 Å². The molecule has 2 heterocycles. The van der Waals surface area contributed by atoms with Gasteiger partial charge in [-0.15, -0.1) is 0 Å². The third kappa shape index (κ3) is 3.67. The second-order valence-corrected chi connectivity index (χ2v) is 13.4. The molecule has 0 amide bonds. The fourth-order valence-electron chi connectivity index (χ4n) is 9.82. The van der Waals surface area contributed by atoms with Crippen LogP contribution in [0.3, 0.4) is 0 Å². The van der Waals surface area contributed by atoms with Crippen LogP contribution in [0.15, 0.2) is 11.6 Å². The van der Waals surface area contributed by atoms with Gasteiger partial charge in [0.05, 0.1) is 23.9 Å². The fourth-order valence-corrected chi connectivity index (χ4v) is 9.82. The van der Waals surface area contributed by atoms with Crippen molar-refractivity contribution in [3.05, 3.63) is 11.6 Å². The Morgan fingerprint density at radius 2 is 1.81 bits per heavy atom. The van der Waals surface area contributed by atoms with E-state index in [2.05, 4.69) is 13.8 Å². The topological polar surface area (TPSA) is 105 Å². The van der Waals surface area contributed by atoms with Crippen molar-refractivity contribution in [1.29, 1.82) is 0 Å². The third-order valence-electron chi connectivity index (χ3n) is 12.0. The van der Waals surface area contributed by atoms with E-state index in [9.17, 15) is 20.1 Å². The molecule has 0 bridgehead atoms. The maximum absolute atomic E-state index is 12.4. The number of ether oxygens (including phenoxy) is 3. The molecule has 1 saturated heterocycles. The van der Waals surface area contributed by atoms with E-state index < -0.39 is 30.2 Å². The van der Waals surface area contributed by atoms with Gasteiger partial charge in [0, 0.05) is 17.9 Å². The quantitative estimate of drug-likeness (QED) is 0.399. The summed E-state index contributed by atoms with van der Waals surface area (Å²) in [7, 11) is 0. The molecule has 6 aliphatic rings. The molecule has 4 aliphatic carbocycles. The average molecular weight is 505 g/mol. The van der Waals surface area contributed by atoms with Crippen LogP contribution in [0.4, 0.5) is 0 Å². The van der Waals surface area contributed by atoms with Gasteiger partial charge in [0.15, 0.2) is 6.29 Å². The number of hydrogen-bond donors (Lipinski definition) is 3. The Hall–Kier alpha value is -0.990. The number of fused-ring (bicyclic) bond motifs is 5. The lowest BCUT2D eigenvalue weighted by Gasteiger charge is -2.63. The molecule has 202 valence electrons. The monoisotopic (exact) mass is 504 g/mol. The molecule has 0 aromatic heterocycles. The van der Waals surface area contributed by atoms with Crippen molar-refractivity contribution in [2.45, 2.75) is 121 Å². The molecule has 5 fully saturated rings. The first-order valence-electron chi connectivity index (χ1n) is 14.3. The lowest BCUT2D eigenvalue weighted by molar-refractivity contribution is -0.270. The number of carbonyl (C=O) groups excluding carboxylic acids is 1. The zero-order chi connectivity index (χ0) is 25.5. The van der Waals surface area contributed by atoms with E-state index in [0.717, 1.165) is 63.4 Å². The molecule has 0 aromatic rings. The van der Waals surface area contributed by atoms with Gasteiger partial charge in [0.25, 0.3) is 0 Å². The molecule has 0 radical (unpaired) electrons. The average Bonchev–Trinajstić information content (AvgIpc) is 3.37. The molecular weight excluding hydrogens is 460 g/mol. The summed E-state index contributed by atoms with van der Waals surface area (Å²) in [5.41, 5.74) is 0.404. The highest BCUT2D eigenvalue weighted by molar-refractivity contribution is 5.85. The van der Waals surface area contributed by atoms with Crippen LogP contribution in [-0.2, 0) is 19.0 Å². The molecule has 7 heteroatoms. The van der Waals surface area contributed by atoms with Crippen molar-refractivity contribution in [2.75, 3.05) is 6.61 Å². The smallest absolute Gasteiger partial charge is 0.331 e. The van der Waals surface area contributed by atoms with Gasteiger partial charge in [-0.25, -0.2) is 4.79 Å². The lowest BCUT2D eigenvalue weighted by Crippen LogP contribution is -2.62. The second-order valence-electron chi connectivity index (χ2n) is 13.4. The fraction of sp³-hybridized carbons (Fsp3) is 0.897. The van der Waals surface area contributed by atoms with Crippen LogP contribution >= 0.6 is 0 Å². The number of aliphatic hydroxyl groups is 3. The standard InChI is InChI=1S/C29H44O7/c1-16-26(32)23(30)14-25(35-16)36-19-6-9-27(2)18(13-19)4-5-22-21(27)7-10-28(3)20(8-11-29(22,28)33)17-12-24(31)34-15-17/h12,16,18-23,25-26,30,32-33H,4-11,13-15H2,1-3H3/t16-,18+,19-,20+,21-,22+,23+,25-,26-,27-,28+,29-/m0/s1. The third-order valence-corrected chi connectivity index (χ3v) is 12.0. The zero-order valence-corrected chi connectivity index (χ0v) is 22.0. The van der Waals surface area contributed by atoms with Crippen LogP contribution < -0.4 is 0 Å². The van der Waals surface area contributed by atoms with Gasteiger partial charge in [-0.3, -0.25) is 0 Å².